The molecule has 0 unspecified atom stereocenters. The van der Waals surface area contributed by atoms with E-state index in [1.807, 2.05) is 0 Å². The van der Waals surface area contributed by atoms with Gasteiger partial charge in [-0.2, -0.15) is 0 Å². The lowest BCUT2D eigenvalue weighted by molar-refractivity contribution is 1.58. The summed E-state index contributed by atoms with van der Waals surface area (Å²) in [6.45, 7) is 62.6. The third kappa shape index (κ3) is 5.50. The van der Waals surface area contributed by atoms with Gasteiger partial charge in [-0.25, -0.2) is 0 Å². The summed E-state index contributed by atoms with van der Waals surface area (Å²) in [7, 11) is -10.5. The monoisotopic (exact) mass is 624 g/mol. The minimum Gasteiger partial charge on any atom is -0.0739 e. The molecule has 0 saturated heterocycles. The largest absolute Gasteiger partial charge is 0.0739 e. The molecular formula is C23H68Si10. The second kappa shape index (κ2) is 9.42. The van der Waals surface area contributed by atoms with Crippen molar-refractivity contribution in [2.75, 3.05) is 0 Å². The van der Waals surface area contributed by atoms with Crippen molar-refractivity contribution in [1.29, 1.82) is 0 Å². The van der Waals surface area contributed by atoms with Gasteiger partial charge in [0.1, 0.15) is 0 Å². The van der Waals surface area contributed by atoms with Crippen molar-refractivity contribution >= 4 is 73.0 Å². The fraction of sp³-hybridized carbons (Fsp3) is 1.00. The number of hydrogen-bond acceptors (Lipinski definition) is 0. The van der Waals surface area contributed by atoms with E-state index in [2.05, 4.69) is 144 Å². The first-order valence-electron chi connectivity index (χ1n) is 13.7. The number of rotatable bonds is 10. The van der Waals surface area contributed by atoms with Crippen molar-refractivity contribution in [1.82, 2.24) is 0 Å². The fourth-order valence-corrected chi connectivity index (χ4v) is 440. The molecule has 0 atom stereocenters. The molecule has 33 heavy (non-hydrogen) atoms. The Bertz CT molecular complexity index is 634. The topological polar surface area (TPSA) is 0 Å². The molecule has 0 aliphatic heterocycles. The molecule has 0 aromatic carbocycles. The molecule has 0 rings (SSSR count). The normalized spacial score (nSPS) is 16.9. The molecule has 200 valence electrons. The van der Waals surface area contributed by atoms with Crippen LogP contribution in [0.15, 0.2) is 0 Å². The zero-order chi connectivity index (χ0) is 27.7. The van der Waals surface area contributed by atoms with Crippen LogP contribution in [0.2, 0.25) is 150 Å². The van der Waals surface area contributed by atoms with Crippen LogP contribution in [0.25, 0.3) is 0 Å². The zero-order valence-electron chi connectivity index (χ0n) is 27.7. The van der Waals surface area contributed by atoms with Crippen LogP contribution in [-0.4, -0.2) is 73.0 Å². The van der Waals surface area contributed by atoms with Gasteiger partial charge in [0.25, 0.3) is 0 Å². The number of hydrogen-bond donors (Lipinski definition) is 0. The predicted molar refractivity (Wildman–Crippen MR) is 191 cm³/mol. The molecule has 0 radical (unpaired) electrons. The van der Waals surface area contributed by atoms with Crippen LogP contribution < -0.4 is 0 Å². The van der Waals surface area contributed by atoms with Gasteiger partial charge >= 0.3 is 0 Å². The van der Waals surface area contributed by atoms with E-state index in [0.29, 0.717) is 0 Å². The Balaban J connectivity index is 8.13. The molecule has 0 heterocycles. The van der Waals surface area contributed by atoms with Gasteiger partial charge in [0.2, 0.25) is 0 Å². The molecule has 0 aliphatic carbocycles. The maximum atomic E-state index is 3.10. The molecule has 0 spiro atoms. The molecular weight excluding hydrogens is 557 g/mol. The third-order valence-corrected chi connectivity index (χ3v) is 245. The lowest BCUT2D eigenvalue weighted by atomic mass is 11.7. The Kier molecular flexibility index (Phi) is 10.0. The first kappa shape index (κ1) is 35.2. The van der Waals surface area contributed by atoms with Crippen molar-refractivity contribution < 1.29 is 0 Å². The standard InChI is InChI=1S/C23H68Si10/c1-24(2,3)23-32(25(4,5)6,26(7,8)9)30(19,20)31(21,22)33(27(10,11)12,28(13,14)15)29(16,17)18/h23H2,1-22H3. The van der Waals surface area contributed by atoms with Crippen LogP contribution >= 0.6 is 0 Å². The van der Waals surface area contributed by atoms with E-state index in [1.54, 1.807) is 5.67 Å². The van der Waals surface area contributed by atoms with Crippen LogP contribution in [0.3, 0.4) is 0 Å². The Morgan fingerprint density at radius 3 is 0.697 bits per heavy atom. The molecule has 0 aliphatic rings. The minimum atomic E-state index is -1.46. The predicted octanol–water partition coefficient (Wildman–Crippen LogP) is 9.50. The Hall–Kier alpha value is 2.17. The molecule has 0 bridgehead atoms. The summed E-state index contributed by atoms with van der Waals surface area (Å²) in [5.41, 5.74) is 1.77. The van der Waals surface area contributed by atoms with Gasteiger partial charge in [0.15, 0.2) is 0 Å². The first-order valence-corrected chi connectivity index (χ1v) is 53.1. The minimum absolute atomic E-state index is 1.16. The molecule has 0 aromatic rings. The smallest absolute Gasteiger partial charge is 0.0410 e. The van der Waals surface area contributed by atoms with Gasteiger partial charge < -0.3 is 0 Å². The van der Waals surface area contributed by atoms with Crippen molar-refractivity contribution in [2.45, 2.75) is 150 Å². The summed E-state index contributed by atoms with van der Waals surface area (Å²) in [5.74, 6) is 0. The van der Waals surface area contributed by atoms with Gasteiger partial charge in [0, 0.05) is 73.0 Å². The highest BCUT2D eigenvalue weighted by molar-refractivity contribution is 8.19. The average molecular weight is 626 g/mol. The summed E-state index contributed by atoms with van der Waals surface area (Å²) in [6.07, 6.45) is -1.39. The molecule has 0 N–H and O–H groups in total. The molecule has 0 fully saturated rings. The van der Waals surface area contributed by atoms with E-state index >= 15 is 0 Å². The first-order chi connectivity index (χ1) is 13.7. The summed E-state index contributed by atoms with van der Waals surface area (Å²) in [4.78, 5) is 0. The van der Waals surface area contributed by atoms with Gasteiger partial charge in [-0.3, -0.25) is 0 Å². The van der Waals surface area contributed by atoms with Crippen molar-refractivity contribution in [3.05, 3.63) is 0 Å². The molecule has 0 amide bonds. The van der Waals surface area contributed by atoms with E-state index in [-0.39, 0.29) is 0 Å². The summed E-state index contributed by atoms with van der Waals surface area (Å²) >= 11 is 0. The lowest BCUT2D eigenvalue weighted by Crippen LogP contribution is -3.02. The van der Waals surface area contributed by atoms with E-state index in [1.165, 1.54) is 0 Å². The summed E-state index contributed by atoms with van der Waals surface area (Å²) in [6, 6.07) is 0. The highest BCUT2D eigenvalue weighted by Gasteiger charge is 2.77. The lowest BCUT2D eigenvalue weighted by Gasteiger charge is -2.73. The van der Waals surface area contributed by atoms with Gasteiger partial charge in [-0.1, -0.05) is 150 Å². The SMILES string of the molecule is C[Si](C)(C)C[Si]([Si](C)(C)C)([Si](C)(C)C)[Si](C)(C)[Si](C)(C)[Si]([Si](C)(C)C)([Si](C)(C)C)[Si](C)(C)C. The van der Waals surface area contributed by atoms with E-state index in [4.69, 9.17) is 0 Å². The maximum Gasteiger partial charge on any atom is 0.0410 e. The van der Waals surface area contributed by atoms with Gasteiger partial charge in [-0.05, 0) is 0 Å². The van der Waals surface area contributed by atoms with Crippen molar-refractivity contribution in [3.63, 3.8) is 0 Å². The Morgan fingerprint density at radius 1 is 0.303 bits per heavy atom. The van der Waals surface area contributed by atoms with Crippen LogP contribution in [-0.2, 0) is 0 Å². The Morgan fingerprint density at radius 2 is 0.545 bits per heavy atom. The zero-order valence-corrected chi connectivity index (χ0v) is 37.7. The summed E-state index contributed by atoms with van der Waals surface area (Å²) < 4.78 is 0. The molecule has 0 aromatic heterocycles. The van der Waals surface area contributed by atoms with Crippen LogP contribution in [0.4, 0.5) is 0 Å². The van der Waals surface area contributed by atoms with E-state index in [0.717, 1.165) is 0 Å². The van der Waals surface area contributed by atoms with Gasteiger partial charge in [0.05, 0.1) is 0 Å². The fourth-order valence-electron chi connectivity index (χ4n) is 11.7. The van der Waals surface area contributed by atoms with Crippen molar-refractivity contribution in [2.24, 2.45) is 0 Å². The quantitative estimate of drug-likeness (QED) is 0.212. The average Bonchev–Trinajstić information content (AvgIpc) is 2.34. The van der Waals surface area contributed by atoms with Crippen LogP contribution in [0, 0.1) is 0 Å². The van der Waals surface area contributed by atoms with Crippen LogP contribution in [0.5, 0.6) is 0 Å². The molecule has 10 heteroatoms. The second-order valence-electron chi connectivity index (χ2n) is 18.9. The molecule has 0 saturated carbocycles. The highest BCUT2D eigenvalue weighted by atomic mass is 30.3. The second-order valence-corrected chi connectivity index (χ2v) is 128. The van der Waals surface area contributed by atoms with E-state index < -0.39 is 73.0 Å². The molecule has 0 nitrogen and oxygen atoms in total. The van der Waals surface area contributed by atoms with Crippen molar-refractivity contribution in [3.8, 4) is 0 Å². The Labute approximate surface area is 221 Å². The van der Waals surface area contributed by atoms with Gasteiger partial charge in [-0.15, -0.1) is 0 Å². The highest BCUT2D eigenvalue weighted by Crippen LogP contribution is 2.52. The van der Waals surface area contributed by atoms with E-state index in [9.17, 15) is 0 Å². The third-order valence-electron chi connectivity index (χ3n) is 10.3. The van der Waals surface area contributed by atoms with Crippen LogP contribution in [0.1, 0.15) is 0 Å². The maximum absolute atomic E-state index is 3.10. The summed E-state index contributed by atoms with van der Waals surface area (Å²) in [5, 5.41) is 0.